The minimum absolute atomic E-state index is 0.111. The molecule has 2 aliphatic heterocycles. The summed E-state index contributed by atoms with van der Waals surface area (Å²) in [5.74, 6) is 0. The SMILES string of the molecule is [2H]c1c([2H])c(-n2c3c([2H])c([2H])c([2H])c([2H])c3c3c([2H])c([Si](c4ccccc4)(c4ccccc4)c4ccccc4)c([2H])c([2H])c32)c([2H])c2c1B1c3c(cc(C(C)(C)C)cc3N(c3c(-c4ccccc4)cc(C(C)(C)C)cc3-c3ccccc3)c3c([2H])c(-n4c5c([2H])c([2H])c([2H])c([2H])c5c5c([2H])c([Si](c6ccccc6)(c6ccccc6)c6ccccc6)c([2H])c([2H])c54)c([2H])c([2H])c31)N2c1c(-c2ccccc2)cc(C(C)(C)C)cc1-c1ccccc1. The van der Waals surface area contributed by atoms with Crippen LogP contribution in [0.25, 0.3) is 99.5 Å². The Hall–Kier alpha value is -15.1. The van der Waals surface area contributed by atoms with E-state index in [1.807, 2.05) is 313 Å². The predicted octanol–water partition coefficient (Wildman–Crippen LogP) is 25.3. The number of nitrogens with zero attached hydrogens (tertiary/aromatic N) is 4. The van der Waals surface area contributed by atoms with Crippen LogP contribution in [0.1, 0.15) is 106 Å². The van der Waals surface area contributed by atoms with Crippen molar-refractivity contribution >= 4 is 158 Å². The molecule has 19 aromatic carbocycles. The molecule has 0 saturated heterocycles. The molecule has 0 radical (unpaired) electrons. The first-order valence-corrected chi connectivity index (χ1v) is 49.4. The molecule has 7 heteroatoms. The van der Waals surface area contributed by atoms with Crippen molar-refractivity contribution in [1.82, 2.24) is 9.13 Å². The van der Waals surface area contributed by atoms with E-state index in [0.29, 0.717) is 78.3 Å². The van der Waals surface area contributed by atoms with Gasteiger partial charge in [0.1, 0.15) is 0 Å². The zero-order valence-corrected chi connectivity index (χ0v) is 77.2. The summed E-state index contributed by atoms with van der Waals surface area (Å²) >= 11 is 0. The molecule has 2 aliphatic rings. The zero-order chi connectivity index (χ0) is 107. The van der Waals surface area contributed by atoms with Gasteiger partial charge in [-0.1, -0.05) is 438 Å². The number of benzene rings is 19. The lowest BCUT2D eigenvalue weighted by molar-refractivity contribution is 0.590. The molecule has 4 heterocycles. The fourth-order valence-corrected chi connectivity index (χ4v) is 29.5. The van der Waals surface area contributed by atoms with Gasteiger partial charge >= 0.3 is 0 Å². The highest BCUT2D eigenvalue weighted by molar-refractivity contribution is 7.20. The number of para-hydroxylation sites is 2. The number of hydrogen-bond acceptors (Lipinski definition) is 2. The maximum Gasteiger partial charge on any atom is 0.252 e. The normalized spacial score (nSPS) is 14.9. The minimum Gasteiger partial charge on any atom is -0.310 e. The summed E-state index contributed by atoms with van der Waals surface area (Å²) < 4.78 is 223. The first-order chi connectivity index (χ1) is 73.3. The lowest BCUT2D eigenvalue weighted by atomic mass is 9.33. The van der Waals surface area contributed by atoms with Crippen LogP contribution in [-0.2, 0) is 16.2 Å². The Labute approximate surface area is 811 Å². The van der Waals surface area contributed by atoms with Gasteiger partial charge < -0.3 is 18.9 Å². The number of aromatic nitrogens is 2. The van der Waals surface area contributed by atoms with Crippen LogP contribution < -0.4 is 67.7 Å². The molecule has 0 N–H and O–H groups in total. The van der Waals surface area contributed by atoms with Gasteiger partial charge in [0.15, 0.2) is 16.1 Å². The Bertz CT molecular complexity index is 8480. The number of rotatable bonds is 16. The van der Waals surface area contributed by atoms with Crippen LogP contribution in [0.4, 0.5) is 34.1 Å². The van der Waals surface area contributed by atoms with Gasteiger partial charge in [-0.3, -0.25) is 0 Å². The van der Waals surface area contributed by atoms with E-state index in [1.165, 1.54) is 9.13 Å². The molecule has 0 atom stereocenters. The molecular weight excluding hydrogens is 1640 g/mol. The second kappa shape index (κ2) is 32.5. The zero-order valence-electron chi connectivity index (χ0n) is 95.2. The molecule has 133 heavy (non-hydrogen) atoms. The Morgan fingerprint density at radius 1 is 0.241 bits per heavy atom. The molecule has 2 aromatic heterocycles. The topological polar surface area (TPSA) is 16.3 Å². The molecule has 0 amide bonds. The van der Waals surface area contributed by atoms with Crippen molar-refractivity contribution in [3.63, 3.8) is 0 Å². The summed E-state index contributed by atoms with van der Waals surface area (Å²) in [6.07, 6.45) is 0. The Balaban J connectivity index is 0.948. The molecule has 23 rings (SSSR count). The molecule has 0 fully saturated rings. The third kappa shape index (κ3) is 13.6. The van der Waals surface area contributed by atoms with Gasteiger partial charge in [0.05, 0.1) is 60.9 Å². The quantitative estimate of drug-likeness (QED) is 0.0708. The molecular formula is C126H103BN4Si2. The molecule has 0 aliphatic carbocycles. The highest BCUT2D eigenvalue weighted by Crippen LogP contribution is 2.56. The van der Waals surface area contributed by atoms with Crippen LogP contribution in [0.2, 0.25) is 0 Å². The predicted molar refractivity (Wildman–Crippen MR) is 574 cm³/mol. The monoisotopic (exact) mass is 1760 g/mol. The van der Waals surface area contributed by atoms with Gasteiger partial charge in [-0.05, 0) is 198 Å². The van der Waals surface area contributed by atoms with E-state index < -0.39 is 159 Å². The number of anilines is 6. The Morgan fingerprint density at radius 2 is 0.496 bits per heavy atom. The van der Waals surface area contributed by atoms with E-state index in [4.69, 9.17) is 0 Å². The second-order valence-corrected chi connectivity index (χ2v) is 45.3. The van der Waals surface area contributed by atoms with Crippen LogP contribution in [0.3, 0.4) is 0 Å². The molecule has 0 unspecified atom stereocenters. The first-order valence-electron chi connectivity index (χ1n) is 55.4. The van der Waals surface area contributed by atoms with E-state index in [1.54, 1.807) is 0 Å². The fourth-order valence-electron chi connectivity index (χ4n) is 20.5. The Morgan fingerprint density at radius 3 is 0.774 bits per heavy atom. The largest absolute Gasteiger partial charge is 0.310 e. The Kier molecular flexibility index (Phi) is 15.4. The molecule has 4 nitrogen and oxygen atoms in total. The average Bonchev–Trinajstić information content (AvgIpc) is 1.68. The van der Waals surface area contributed by atoms with Crippen LogP contribution in [0, 0.1) is 0 Å². The van der Waals surface area contributed by atoms with Gasteiger partial charge in [-0.2, -0.15) is 0 Å². The molecule has 21 aromatic rings. The third-order valence-electron chi connectivity index (χ3n) is 26.9. The summed E-state index contributed by atoms with van der Waals surface area (Å²) in [4.78, 5) is 3.93. The van der Waals surface area contributed by atoms with Crippen molar-refractivity contribution in [3.8, 4) is 55.9 Å². The van der Waals surface area contributed by atoms with Gasteiger partial charge in [-0.25, -0.2) is 0 Å². The van der Waals surface area contributed by atoms with Crippen molar-refractivity contribution < 1.29 is 27.4 Å². The summed E-state index contributed by atoms with van der Waals surface area (Å²) in [7, 11) is -8.24. The van der Waals surface area contributed by atoms with Crippen molar-refractivity contribution in [2.75, 3.05) is 9.80 Å². The highest BCUT2D eigenvalue weighted by Gasteiger charge is 2.49. The van der Waals surface area contributed by atoms with E-state index in [2.05, 4.69) is 98.7 Å². The second-order valence-electron chi connectivity index (χ2n) is 37.8. The van der Waals surface area contributed by atoms with Crippen molar-refractivity contribution in [2.45, 2.75) is 78.6 Å². The number of hydrogen-bond donors (Lipinski definition) is 0. The smallest absolute Gasteiger partial charge is 0.252 e. The van der Waals surface area contributed by atoms with E-state index in [9.17, 15) is 27.4 Å². The molecule has 638 valence electrons. The maximum atomic E-state index is 12.4. The summed E-state index contributed by atoms with van der Waals surface area (Å²) in [6.45, 7) is 17.3. The van der Waals surface area contributed by atoms with Crippen molar-refractivity contribution in [3.05, 3.63) is 477 Å². The third-order valence-corrected chi connectivity index (χ3v) is 36.1. The van der Waals surface area contributed by atoms with Gasteiger partial charge in [0.2, 0.25) is 0 Å². The van der Waals surface area contributed by atoms with Crippen LogP contribution in [0.15, 0.2) is 461 Å². The van der Waals surface area contributed by atoms with E-state index in [0.717, 1.165) is 42.2 Å². The highest BCUT2D eigenvalue weighted by atomic mass is 28.3. The van der Waals surface area contributed by atoms with E-state index >= 15 is 0 Å². The van der Waals surface area contributed by atoms with Gasteiger partial charge in [0, 0.05) is 77.9 Å². The molecule has 0 saturated carbocycles. The summed E-state index contributed by atoms with van der Waals surface area (Å²) in [6, 6.07) is 97.0. The van der Waals surface area contributed by atoms with Crippen LogP contribution in [0.5, 0.6) is 0 Å². The van der Waals surface area contributed by atoms with Crippen LogP contribution >= 0.6 is 0 Å². The first kappa shape index (κ1) is 63.0. The summed E-state index contributed by atoms with van der Waals surface area (Å²) in [5, 5.41) is 3.68. The maximum absolute atomic E-state index is 12.4. The fraction of sp³-hybridized carbons (Fsp3) is 0.0952. The number of fused-ring (bicyclic) bond motifs is 10. The van der Waals surface area contributed by atoms with Gasteiger partial charge in [-0.15, -0.1) is 0 Å². The standard InChI is InChI=1S/C126H103BN4Si2/c1-124(2,3)90-76-105(86-44-20-10-21-45-86)122(106(77-90)87-46-22-11-23-47-87)130-117-82-93(128-113-66-42-40-64-103(113)109-84-101(70-74-115(109)128)132(95-52-28-14-29-53-95,96-54-30-15-31-55-96)97-56-32-16-33-57-97)68-72-111(117)127-112-73-69-94(129-114-67-43-41-65-104(114)110-85-102(71-75-116(110)129)133(98-58-34-17-35-59-98,99-60-36-18-37-61-99)100-62-38-19-39-63-100)83-118(112)131(120-81-92(126(7,8)9)80-119(130)121(120)127)123-107(88-48-24-12-25-49-88)78-91(125(4,5)6)79-108(123)89-50-26-13-27-51-89/h10-85H,1-9H3/i40D,41D,42D,43D,64D,65D,66D,67D,68D,69D,70D,71D,72D,73D,74D,75D,82D,83D,84D,85D. The van der Waals surface area contributed by atoms with Gasteiger partial charge in [0.25, 0.3) is 6.71 Å². The van der Waals surface area contributed by atoms with E-state index in [-0.39, 0.29) is 88.4 Å². The van der Waals surface area contributed by atoms with Crippen molar-refractivity contribution in [2.24, 2.45) is 0 Å². The average molecular weight is 1760 g/mol. The van der Waals surface area contributed by atoms with Crippen LogP contribution in [-0.4, -0.2) is 32.0 Å². The minimum atomic E-state index is -4.12. The van der Waals surface area contributed by atoms with Crippen molar-refractivity contribution in [1.29, 1.82) is 0 Å². The lowest BCUT2D eigenvalue weighted by Crippen LogP contribution is -2.74. The molecule has 0 bridgehead atoms. The lowest BCUT2D eigenvalue weighted by Gasteiger charge is -2.47. The molecule has 0 spiro atoms. The summed E-state index contributed by atoms with van der Waals surface area (Å²) in [5.41, 5.74) is 4.43.